The minimum atomic E-state index is -0.0734. The van der Waals surface area contributed by atoms with Crippen molar-refractivity contribution in [3.63, 3.8) is 0 Å². The van der Waals surface area contributed by atoms with Crippen LogP contribution in [0, 0.1) is 6.92 Å². The zero-order valence-corrected chi connectivity index (χ0v) is 12.6. The van der Waals surface area contributed by atoms with E-state index in [0.29, 0.717) is 17.7 Å². The quantitative estimate of drug-likeness (QED) is 0.777. The number of amides is 2. The van der Waals surface area contributed by atoms with Crippen LogP contribution in [0.3, 0.4) is 0 Å². The van der Waals surface area contributed by atoms with Crippen molar-refractivity contribution >= 4 is 17.5 Å². The third-order valence-corrected chi connectivity index (χ3v) is 3.00. The van der Waals surface area contributed by atoms with Gasteiger partial charge < -0.3 is 15.5 Å². The maximum absolute atomic E-state index is 11.9. The third kappa shape index (κ3) is 4.66. The molecule has 110 valence electrons. The van der Waals surface area contributed by atoms with E-state index in [1.54, 1.807) is 26.2 Å². The van der Waals surface area contributed by atoms with Crippen LogP contribution in [0.5, 0.6) is 0 Å². The predicted molar refractivity (Wildman–Crippen MR) is 81.0 cm³/mol. The first-order valence-corrected chi connectivity index (χ1v) is 6.72. The van der Waals surface area contributed by atoms with E-state index in [-0.39, 0.29) is 11.8 Å². The zero-order valence-electron chi connectivity index (χ0n) is 12.6. The van der Waals surface area contributed by atoms with Crippen molar-refractivity contribution < 1.29 is 9.59 Å². The van der Waals surface area contributed by atoms with Crippen LogP contribution < -0.4 is 10.6 Å². The molecule has 0 aliphatic heterocycles. The lowest BCUT2D eigenvalue weighted by molar-refractivity contribution is -0.116. The monoisotopic (exact) mass is 277 g/mol. The van der Waals surface area contributed by atoms with Crippen LogP contribution >= 0.6 is 0 Å². The van der Waals surface area contributed by atoms with Crippen molar-refractivity contribution in [3.8, 4) is 0 Å². The summed E-state index contributed by atoms with van der Waals surface area (Å²) in [5, 5.41) is 5.87. The Morgan fingerprint density at radius 2 is 1.95 bits per heavy atom. The molecule has 0 aliphatic carbocycles. The van der Waals surface area contributed by atoms with Crippen molar-refractivity contribution in [1.29, 1.82) is 0 Å². The van der Waals surface area contributed by atoms with Gasteiger partial charge in [-0.15, -0.1) is 0 Å². The largest absolute Gasteiger partial charge is 0.345 e. The molecule has 0 saturated heterocycles. The number of hydrogen-bond donors (Lipinski definition) is 2. The summed E-state index contributed by atoms with van der Waals surface area (Å²) in [7, 11) is 5.27. The highest BCUT2D eigenvalue weighted by atomic mass is 16.2. The third-order valence-electron chi connectivity index (χ3n) is 3.00. The molecule has 0 radical (unpaired) electrons. The molecule has 2 N–H and O–H groups in total. The highest BCUT2D eigenvalue weighted by Gasteiger charge is 2.11. The van der Waals surface area contributed by atoms with Crippen LogP contribution in [0.4, 0.5) is 5.69 Å². The molecule has 0 saturated carbocycles. The Morgan fingerprint density at radius 3 is 2.55 bits per heavy atom. The van der Waals surface area contributed by atoms with Gasteiger partial charge in [0.2, 0.25) is 5.91 Å². The predicted octanol–water partition coefficient (Wildman–Crippen LogP) is 1.63. The average molecular weight is 277 g/mol. The molecule has 1 aromatic carbocycles. The van der Waals surface area contributed by atoms with Gasteiger partial charge in [-0.2, -0.15) is 0 Å². The Kier molecular flexibility index (Phi) is 6.18. The van der Waals surface area contributed by atoms with Gasteiger partial charge in [-0.25, -0.2) is 0 Å². The van der Waals surface area contributed by atoms with Crippen LogP contribution in [-0.2, 0) is 4.79 Å². The fraction of sp³-hybridized carbons (Fsp3) is 0.467. The Hall–Kier alpha value is -1.88. The number of carbonyl (C=O) groups is 2. The lowest BCUT2D eigenvalue weighted by atomic mass is 10.1. The van der Waals surface area contributed by atoms with Crippen LogP contribution in [-0.4, -0.2) is 44.4 Å². The van der Waals surface area contributed by atoms with Gasteiger partial charge in [0, 0.05) is 31.8 Å². The lowest BCUT2D eigenvalue weighted by Crippen LogP contribution is -2.22. The molecule has 0 aliphatic rings. The summed E-state index contributed by atoms with van der Waals surface area (Å²) in [6.07, 6.45) is 1.25. The van der Waals surface area contributed by atoms with E-state index in [4.69, 9.17) is 0 Å². The normalized spacial score (nSPS) is 10.2. The van der Waals surface area contributed by atoms with Crippen molar-refractivity contribution in [3.05, 3.63) is 29.3 Å². The van der Waals surface area contributed by atoms with Gasteiger partial charge in [0.1, 0.15) is 0 Å². The maximum atomic E-state index is 11.9. The van der Waals surface area contributed by atoms with Crippen LogP contribution in [0.15, 0.2) is 18.2 Å². The first-order chi connectivity index (χ1) is 9.45. The van der Waals surface area contributed by atoms with E-state index in [9.17, 15) is 9.59 Å². The molecule has 5 nitrogen and oxygen atoms in total. The number of carbonyl (C=O) groups excluding carboxylic acids is 2. The molecule has 0 unspecified atom stereocenters. The van der Waals surface area contributed by atoms with E-state index in [1.807, 2.05) is 20.0 Å². The fourth-order valence-corrected chi connectivity index (χ4v) is 1.79. The maximum Gasteiger partial charge on any atom is 0.253 e. The summed E-state index contributed by atoms with van der Waals surface area (Å²) in [5.74, 6) is -0.103. The molecule has 5 heteroatoms. The van der Waals surface area contributed by atoms with Crippen molar-refractivity contribution in [2.24, 2.45) is 0 Å². The van der Waals surface area contributed by atoms with Crippen molar-refractivity contribution in [1.82, 2.24) is 10.2 Å². The van der Waals surface area contributed by atoms with Gasteiger partial charge >= 0.3 is 0 Å². The van der Waals surface area contributed by atoms with Crippen molar-refractivity contribution in [2.75, 3.05) is 33.0 Å². The first-order valence-electron chi connectivity index (χ1n) is 6.72. The molecule has 1 rings (SSSR count). The van der Waals surface area contributed by atoms with Gasteiger partial charge in [-0.05, 0) is 44.6 Å². The number of hydrogen-bond acceptors (Lipinski definition) is 3. The summed E-state index contributed by atoms with van der Waals surface area (Å²) >= 11 is 0. The SMILES string of the molecule is CNCCCC(=O)Nc1cc(C(=O)N(C)C)ccc1C. The van der Waals surface area contributed by atoms with Gasteiger partial charge in [-0.1, -0.05) is 6.07 Å². The van der Waals surface area contributed by atoms with E-state index in [0.717, 1.165) is 18.5 Å². The van der Waals surface area contributed by atoms with Crippen LogP contribution in [0.25, 0.3) is 0 Å². The Balaban J connectivity index is 2.76. The Bertz CT molecular complexity index is 484. The molecule has 0 aromatic heterocycles. The summed E-state index contributed by atoms with van der Waals surface area (Å²) in [5.41, 5.74) is 2.22. The molecule has 1 aromatic rings. The van der Waals surface area contributed by atoms with Gasteiger partial charge in [-0.3, -0.25) is 9.59 Å². The van der Waals surface area contributed by atoms with Crippen LogP contribution in [0.2, 0.25) is 0 Å². The summed E-state index contributed by atoms with van der Waals surface area (Å²) < 4.78 is 0. The second kappa shape index (κ2) is 7.65. The molecule has 0 atom stereocenters. The summed E-state index contributed by atoms with van der Waals surface area (Å²) in [6, 6.07) is 5.35. The Morgan fingerprint density at radius 1 is 1.25 bits per heavy atom. The standard InChI is InChI=1S/C15H23N3O2/c1-11-7-8-12(15(20)18(3)4)10-13(11)17-14(19)6-5-9-16-2/h7-8,10,16H,5-6,9H2,1-4H3,(H,17,19). The smallest absolute Gasteiger partial charge is 0.253 e. The molecular weight excluding hydrogens is 254 g/mol. The van der Waals surface area contributed by atoms with E-state index in [2.05, 4.69) is 10.6 Å². The molecule has 0 bridgehead atoms. The van der Waals surface area contributed by atoms with E-state index >= 15 is 0 Å². The minimum Gasteiger partial charge on any atom is -0.345 e. The topological polar surface area (TPSA) is 61.4 Å². The highest BCUT2D eigenvalue weighted by Crippen LogP contribution is 2.18. The molecule has 0 heterocycles. The highest BCUT2D eigenvalue weighted by molar-refractivity contribution is 5.97. The fourth-order valence-electron chi connectivity index (χ4n) is 1.79. The number of nitrogens with zero attached hydrogens (tertiary/aromatic N) is 1. The van der Waals surface area contributed by atoms with E-state index < -0.39 is 0 Å². The number of anilines is 1. The second-order valence-corrected chi connectivity index (χ2v) is 4.98. The van der Waals surface area contributed by atoms with Gasteiger partial charge in [0.15, 0.2) is 0 Å². The van der Waals surface area contributed by atoms with E-state index in [1.165, 1.54) is 4.90 Å². The zero-order chi connectivity index (χ0) is 15.1. The molecule has 20 heavy (non-hydrogen) atoms. The van der Waals surface area contributed by atoms with Crippen LogP contribution in [0.1, 0.15) is 28.8 Å². The molecule has 0 spiro atoms. The van der Waals surface area contributed by atoms with Gasteiger partial charge in [0.25, 0.3) is 5.91 Å². The molecule has 0 fully saturated rings. The first kappa shape index (κ1) is 16.2. The van der Waals surface area contributed by atoms with Gasteiger partial charge in [0.05, 0.1) is 0 Å². The molecular formula is C15H23N3O2. The lowest BCUT2D eigenvalue weighted by Gasteiger charge is -2.13. The van der Waals surface area contributed by atoms with Crippen molar-refractivity contribution in [2.45, 2.75) is 19.8 Å². The molecule has 2 amide bonds. The minimum absolute atomic E-state index is 0.0298. The number of benzene rings is 1. The Labute approximate surface area is 120 Å². The summed E-state index contributed by atoms with van der Waals surface area (Å²) in [4.78, 5) is 25.2. The number of nitrogens with one attached hydrogen (secondary N) is 2. The number of rotatable bonds is 6. The number of aryl methyl sites for hydroxylation is 1. The second-order valence-electron chi connectivity index (χ2n) is 4.98. The average Bonchev–Trinajstić information content (AvgIpc) is 2.40. The summed E-state index contributed by atoms with van der Waals surface area (Å²) in [6.45, 7) is 2.72.